The van der Waals surface area contributed by atoms with E-state index in [4.69, 9.17) is 4.74 Å². The Morgan fingerprint density at radius 1 is 1.40 bits per heavy atom. The Morgan fingerprint density at radius 2 is 2.20 bits per heavy atom. The van der Waals surface area contributed by atoms with Crippen LogP contribution in [-0.4, -0.2) is 18.4 Å². The zero-order valence-electron chi connectivity index (χ0n) is 14.2. The summed E-state index contributed by atoms with van der Waals surface area (Å²) in [5.41, 5.74) is 3.73. The lowest BCUT2D eigenvalue weighted by Crippen LogP contribution is -2.21. The number of dihydropyridines is 1. The molecule has 0 fully saturated rings. The number of hydrogen-bond donors (Lipinski definition) is 0. The summed E-state index contributed by atoms with van der Waals surface area (Å²) in [5.74, 6) is -0.309. The summed E-state index contributed by atoms with van der Waals surface area (Å²) in [6.45, 7) is 5.84. The second-order valence-corrected chi connectivity index (χ2v) is 5.81. The van der Waals surface area contributed by atoms with Crippen LogP contribution in [0, 0.1) is 5.92 Å². The molecule has 0 bridgehead atoms. The number of nitrogens with zero attached hydrogens (tertiary/aromatic N) is 2. The number of esters is 1. The van der Waals surface area contributed by atoms with Crippen molar-refractivity contribution in [3.8, 4) is 0 Å². The van der Waals surface area contributed by atoms with Gasteiger partial charge in [0.15, 0.2) is 0 Å². The molecule has 0 spiro atoms. The van der Waals surface area contributed by atoms with Gasteiger partial charge in [0, 0.05) is 5.92 Å². The lowest BCUT2D eigenvalue weighted by molar-refractivity contribution is -0.136. The molecule has 0 aromatic heterocycles. The Hall–Kier alpha value is -3.01. The summed E-state index contributed by atoms with van der Waals surface area (Å²) in [4.78, 5) is 21.0. The molecule has 3 rings (SSSR count). The quantitative estimate of drug-likeness (QED) is 0.600. The molecule has 25 heavy (non-hydrogen) atoms. The molecule has 0 N–H and O–H groups in total. The predicted molar refractivity (Wildman–Crippen MR) is 100 cm³/mol. The highest BCUT2D eigenvalue weighted by Crippen LogP contribution is 2.35. The molecule has 0 saturated carbocycles. The Kier molecular flexibility index (Phi) is 5.19. The molecular weight excluding hydrogens is 312 g/mol. The van der Waals surface area contributed by atoms with Gasteiger partial charge in [0.25, 0.3) is 0 Å². The summed E-state index contributed by atoms with van der Waals surface area (Å²) in [5, 5.41) is 0. The van der Waals surface area contributed by atoms with Crippen LogP contribution in [-0.2, 0) is 16.1 Å². The molecule has 1 atom stereocenters. The lowest BCUT2D eigenvalue weighted by atomic mass is 9.88. The molecule has 1 heterocycles. The van der Waals surface area contributed by atoms with E-state index in [1.54, 1.807) is 6.08 Å². The van der Waals surface area contributed by atoms with Crippen molar-refractivity contribution in [1.82, 2.24) is 0 Å². The average molecular weight is 332 g/mol. The first-order chi connectivity index (χ1) is 12.2. The van der Waals surface area contributed by atoms with Gasteiger partial charge in [-0.1, -0.05) is 54.6 Å². The van der Waals surface area contributed by atoms with Gasteiger partial charge in [-0.25, -0.2) is 9.79 Å². The third-order valence-corrected chi connectivity index (χ3v) is 4.11. The molecule has 1 aliphatic heterocycles. The molecule has 1 aromatic carbocycles. The van der Waals surface area contributed by atoms with Crippen molar-refractivity contribution < 1.29 is 9.53 Å². The van der Waals surface area contributed by atoms with Gasteiger partial charge in [-0.15, -0.1) is 0 Å². The zero-order valence-corrected chi connectivity index (χ0v) is 14.2. The van der Waals surface area contributed by atoms with Gasteiger partial charge in [-0.3, -0.25) is 4.99 Å². The summed E-state index contributed by atoms with van der Waals surface area (Å²) in [7, 11) is 0. The smallest absolute Gasteiger partial charge is 0.357 e. The second kappa shape index (κ2) is 7.71. The summed E-state index contributed by atoms with van der Waals surface area (Å²) in [6.07, 6.45) is 10.6. The third kappa shape index (κ3) is 3.74. The molecule has 1 aliphatic carbocycles. The number of fused-ring (bicyclic) bond motifs is 1. The maximum absolute atomic E-state index is 12.3. The Bertz CT molecular complexity index is 827. The van der Waals surface area contributed by atoms with E-state index in [9.17, 15) is 4.79 Å². The summed E-state index contributed by atoms with van der Waals surface area (Å²) >= 11 is 0. The molecule has 0 saturated heterocycles. The van der Waals surface area contributed by atoms with Gasteiger partial charge in [0.2, 0.25) is 0 Å². The van der Waals surface area contributed by atoms with Crippen molar-refractivity contribution >= 4 is 18.4 Å². The number of rotatable bonds is 5. The van der Waals surface area contributed by atoms with Crippen molar-refractivity contribution in [2.45, 2.75) is 20.0 Å². The van der Waals surface area contributed by atoms with Crippen LogP contribution < -0.4 is 0 Å². The van der Waals surface area contributed by atoms with E-state index in [0.29, 0.717) is 5.71 Å². The standard InChI is InChI=1S/C21H20N2O2/c1-3-7-16-10-11-17-12-13-18(23-20(17)19(16)22-2)21(24)25-14-15-8-5-4-6-9-15/h3-10,12-13,17H,2,11,14H2,1H3/b7-3-. The fourth-order valence-electron chi connectivity index (χ4n) is 2.88. The number of carbonyl (C=O) groups is 1. The van der Waals surface area contributed by atoms with Crippen LogP contribution in [0.25, 0.3) is 0 Å². The van der Waals surface area contributed by atoms with E-state index in [1.165, 1.54) is 0 Å². The summed E-state index contributed by atoms with van der Waals surface area (Å²) in [6, 6.07) is 9.58. The maximum Gasteiger partial charge on any atom is 0.357 e. The first-order valence-corrected chi connectivity index (χ1v) is 8.25. The van der Waals surface area contributed by atoms with E-state index in [-0.39, 0.29) is 12.5 Å². The molecule has 0 radical (unpaired) electrons. The topological polar surface area (TPSA) is 51.0 Å². The second-order valence-electron chi connectivity index (χ2n) is 5.81. The summed E-state index contributed by atoms with van der Waals surface area (Å²) < 4.78 is 5.37. The van der Waals surface area contributed by atoms with Gasteiger partial charge in [0.1, 0.15) is 12.3 Å². The van der Waals surface area contributed by atoms with Gasteiger partial charge in [-0.05, 0) is 37.3 Å². The van der Waals surface area contributed by atoms with Crippen molar-refractivity contribution in [3.05, 3.63) is 83.2 Å². The molecule has 2 aliphatic rings. The van der Waals surface area contributed by atoms with Crippen LogP contribution in [0.1, 0.15) is 18.9 Å². The molecule has 0 amide bonds. The van der Waals surface area contributed by atoms with Gasteiger partial charge < -0.3 is 4.74 Å². The fraction of sp³-hybridized carbons (Fsp3) is 0.190. The van der Waals surface area contributed by atoms with E-state index >= 15 is 0 Å². The minimum atomic E-state index is -0.434. The van der Waals surface area contributed by atoms with Crippen LogP contribution in [0.4, 0.5) is 0 Å². The van der Waals surface area contributed by atoms with Crippen LogP contribution in [0.3, 0.4) is 0 Å². The van der Waals surface area contributed by atoms with Crippen LogP contribution >= 0.6 is 0 Å². The SMILES string of the molecule is C=NC1=C2N=C(C(=O)OCc3ccccc3)C=CC2CC=C1/C=C\C. The predicted octanol–water partition coefficient (Wildman–Crippen LogP) is 4.18. The highest BCUT2D eigenvalue weighted by Gasteiger charge is 2.26. The van der Waals surface area contributed by atoms with E-state index < -0.39 is 5.97 Å². The lowest BCUT2D eigenvalue weighted by Gasteiger charge is -2.23. The number of carbonyl (C=O) groups excluding carboxylic acids is 1. The van der Waals surface area contributed by atoms with Crippen molar-refractivity contribution in [2.75, 3.05) is 0 Å². The Balaban J connectivity index is 1.81. The first-order valence-electron chi connectivity index (χ1n) is 8.25. The van der Waals surface area contributed by atoms with E-state index in [0.717, 1.165) is 29.0 Å². The average Bonchev–Trinajstić information content (AvgIpc) is 2.66. The number of aliphatic imine (C=N–C) groups is 2. The van der Waals surface area contributed by atoms with E-state index in [2.05, 4.69) is 22.8 Å². The van der Waals surface area contributed by atoms with Crippen molar-refractivity contribution in [1.29, 1.82) is 0 Å². The highest BCUT2D eigenvalue weighted by atomic mass is 16.5. The highest BCUT2D eigenvalue weighted by molar-refractivity contribution is 6.41. The first kappa shape index (κ1) is 16.8. The molecular formula is C21H20N2O2. The number of ether oxygens (including phenoxy) is 1. The van der Waals surface area contributed by atoms with Gasteiger partial charge in [-0.2, -0.15) is 0 Å². The van der Waals surface area contributed by atoms with Gasteiger partial charge in [0.05, 0.1) is 11.4 Å². The largest absolute Gasteiger partial charge is 0.456 e. The molecule has 126 valence electrons. The minimum absolute atomic E-state index is 0.125. The third-order valence-electron chi connectivity index (χ3n) is 4.11. The number of hydrogen-bond acceptors (Lipinski definition) is 4. The van der Waals surface area contributed by atoms with Crippen molar-refractivity contribution in [3.63, 3.8) is 0 Å². The van der Waals surface area contributed by atoms with E-state index in [1.807, 2.05) is 55.5 Å². The minimum Gasteiger partial charge on any atom is -0.456 e. The molecule has 4 nitrogen and oxygen atoms in total. The van der Waals surface area contributed by atoms with Crippen LogP contribution in [0.2, 0.25) is 0 Å². The van der Waals surface area contributed by atoms with Gasteiger partial charge >= 0.3 is 5.97 Å². The van der Waals surface area contributed by atoms with Crippen LogP contribution in [0.5, 0.6) is 0 Å². The normalized spacial score (nSPS) is 19.3. The molecule has 1 unspecified atom stereocenters. The fourth-order valence-corrected chi connectivity index (χ4v) is 2.88. The molecule has 1 aromatic rings. The molecule has 4 heteroatoms. The van der Waals surface area contributed by atoms with Crippen LogP contribution in [0.15, 0.2) is 87.7 Å². The van der Waals surface area contributed by atoms with Crippen molar-refractivity contribution in [2.24, 2.45) is 15.9 Å². The zero-order chi connectivity index (χ0) is 17.6. The maximum atomic E-state index is 12.3. The Labute approximate surface area is 147 Å². The number of allylic oxidation sites excluding steroid dienone is 4. The Morgan fingerprint density at radius 3 is 2.92 bits per heavy atom. The number of benzene rings is 1. The monoisotopic (exact) mass is 332 g/mol.